The van der Waals surface area contributed by atoms with Gasteiger partial charge < -0.3 is 38.8 Å². The van der Waals surface area contributed by atoms with Gasteiger partial charge in [-0.05, 0) is 57.4 Å². The number of benzene rings is 2. The molecular formula is C46H72N4O7S. The number of allylic oxidation sites excluding steroid dienone is 1. The average Bonchev–Trinajstić information content (AvgIpc) is 3.77. The summed E-state index contributed by atoms with van der Waals surface area (Å²) in [6.45, 7) is 28.1. The number of hydrogen-bond acceptors (Lipinski definition) is 10. The van der Waals surface area contributed by atoms with Gasteiger partial charge in [0.05, 0.1) is 62.0 Å². The number of aliphatic imine (C=N–C) groups is 1. The van der Waals surface area contributed by atoms with Crippen LogP contribution in [0, 0.1) is 0 Å². The Labute approximate surface area is 355 Å². The van der Waals surface area contributed by atoms with E-state index >= 15 is 0 Å². The number of thiol groups is 1. The van der Waals surface area contributed by atoms with Gasteiger partial charge in [-0.3, -0.25) is 14.6 Å². The molecule has 1 N–H and O–H groups in total. The predicted molar refractivity (Wildman–Crippen MR) is 244 cm³/mol. The summed E-state index contributed by atoms with van der Waals surface area (Å²) in [5.41, 5.74) is 4.54. The van der Waals surface area contributed by atoms with Crippen molar-refractivity contribution in [3.05, 3.63) is 72.0 Å². The lowest BCUT2D eigenvalue weighted by molar-refractivity contribution is 0.0530. The number of ether oxygens (including phenoxy) is 4. The predicted octanol–water partition coefficient (Wildman–Crippen LogP) is 10.3. The van der Waals surface area contributed by atoms with Crippen LogP contribution in [0.3, 0.4) is 0 Å². The molecule has 2 saturated heterocycles. The number of hydrogen-bond donors (Lipinski definition) is 2. The molecule has 0 radical (unpaired) electrons. The largest absolute Gasteiger partial charge is 0.493 e. The SMILES string of the molecule is C.C=C1CC2C=Nc3cc(OCCCCCOc4cc5c(cc4OC)C(=O)N4CC(=C)CC4C(O)N5C(=C)C)c(OC)cc3C(=O)N2C1.CC.CC.CCCC.CS. The standard InChI is InChI=1S/C36H42N4O7.C4H10.2C2H6.CH4S.CH4/c1-21(2)40-28-17-33(31(45-6)15-26(28)35(42)39-20-23(4)13-29(39)36(40)43)47-11-9-7-8-10-46-32-16-27-25(14-30(32)44-5)34(41)38-19-22(3)12-24(38)18-37-27;1-3-4-2;3*1-2;/h14-18,24,29,36,43H,1,3-4,7-13,19-20H2,2,5-6H3;3-4H2,1-2H3;2*1-2H3;2H,1H3;1H4. The monoisotopic (exact) mass is 825 g/mol. The van der Waals surface area contributed by atoms with Crippen molar-refractivity contribution in [1.82, 2.24) is 9.80 Å². The van der Waals surface area contributed by atoms with Gasteiger partial charge in [-0.25, -0.2) is 0 Å². The molecule has 0 spiro atoms. The first kappa shape index (κ1) is 51.6. The van der Waals surface area contributed by atoms with Gasteiger partial charge in [0.15, 0.2) is 29.2 Å². The first-order valence-corrected chi connectivity index (χ1v) is 21.2. The normalized spacial score (nSPS) is 18.3. The average molecular weight is 825 g/mol. The van der Waals surface area contributed by atoms with E-state index in [9.17, 15) is 14.7 Å². The quantitative estimate of drug-likeness (QED) is 0.124. The van der Waals surface area contributed by atoms with Crippen molar-refractivity contribution in [3.63, 3.8) is 0 Å². The van der Waals surface area contributed by atoms with E-state index in [1.807, 2.05) is 33.9 Å². The molecule has 3 unspecified atom stereocenters. The number of carbonyl (C=O) groups excluding carboxylic acids is 2. The van der Waals surface area contributed by atoms with Crippen LogP contribution < -0.4 is 23.8 Å². The van der Waals surface area contributed by atoms with Crippen LogP contribution in [0.4, 0.5) is 11.4 Å². The summed E-state index contributed by atoms with van der Waals surface area (Å²) < 4.78 is 23.4. The van der Waals surface area contributed by atoms with Crippen LogP contribution in [0.15, 0.2) is 65.8 Å². The van der Waals surface area contributed by atoms with Crippen LogP contribution in [0.1, 0.15) is 122 Å². The number of unbranched alkanes of at least 4 members (excludes halogenated alkanes) is 3. The molecule has 58 heavy (non-hydrogen) atoms. The minimum absolute atomic E-state index is 0. The zero-order valence-electron chi connectivity index (χ0n) is 36.2. The maximum Gasteiger partial charge on any atom is 0.257 e. The van der Waals surface area contributed by atoms with Crippen molar-refractivity contribution in [3.8, 4) is 23.0 Å². The summed E-state index contributed by atoms with van der Waals surface area (Å²) in [5, 5.41) is 11.3. The van der Waals surface area contributed by atoms with E-state index in [-0.39, 0.29) is 25.3 Å². The third-order valence-corrected chi connectivity index (χ3v) is 9.60. The van der Waals surface area contributed by atoms with Gasteiger partial charge in [0.25, 0.3) is 11.8 Å². The zero-order valence-corrected chi connectivity index (χ0v) is 37.0. The molecule has 6 rings (SSSR count). The molecule has 3 atom stereocenters. The highest BCUT2D eigenvalue weighted by Gasteiger charge is 2.44. The maximum atomic E-state index is 13.6. The molecule has 11 nitrogen and oxygen atoms in total. The maximum absolute atomic E-state index is 13.6. The van der Waals surface area contributed by atoms with E-state index in [0.717, 1.165) is 36.8 Å². The Morgan fingerprint density at radius 2 is 1.29 bits per heavy atom. The molecule has 2 aromatic rings. The van der Waals surface area contributed by atoms with Crippen molar-refractivity contribution in [2.75, 3.05) is 51.7 Å². The summed E-state index contributed by atoms with van der Waals surface area (Å²) in [6, 6.07) is 6.41. The fraction of sp³-hybridized carbons (Fsp3) is 0.543. The second-order valence-corrected chi connectivity index (χ2v) is 13.5. The van der Waals surface area contributed by atoms with Crippen LogP contribution in [0.2, 0.25) is 0 Å². The van der Waals surface area contributed by atoms with Gasteiger partial charge in [0, 0.05) is 37.1 Å². The fourth-order valence-corrected chi connectivity index (χ4v) is 6.76. The summed E-state index contributed by atoms with van der Waals surface area (Å²) in [5.74, 6) is 1.67. The number of amides is 2. The van der Waals surface area contributed by atoms with Crippen molar-refractivity contribution >= 4 is 42.0 Å². The molecule has 4 aliphatic heterocycles. The first-order chi connectivity index (χ1) is 27.5. The van der Waals surface area contributed by atoms with Crippen molar-refractivity contribution in [1.29, 1.82) is 0 Å². The summed E-state index contributed by atoms with van der Waals surface area (Å²) >= 11 is 3.53. The highest BCUT2D eigenvalue weighted by molar-refractivity contribution is 7.79. The molecule has 0 bridgehead atoms. The van der Waals surface area contributed by atoms with Gasteiger partial charge in [0.2, 0.25) is 0 Å². The Balaban J connectivity index is 0.00000140. The molecule has 0 aromatic heterocycles. The van der Waals surface area contributed by atoms with Gasteiger partial charge in [-0.1, -0.05) is 92.7 Å². The highest BCUT2D eigenvalue weighted by atomic mass is 32.1. The molecule has 0 saturated carbocycles. The molecule has 324 valence electrons. The van der Waals surface area contributed by atoms with Gasteiger partial charge in [-0.2, -0.15) is 12.6 Å². The number of methoxy groups -OCH3 is 2. The Morgan fingerprint density at radius 3 is 1.83 bits per heavy atom. The number of aliphatic hydroxyl groups is 1. The Hall–Kier alpha value is -4.42. The Kier molecular flexibility index (Phi) is 23.0. The third-order valence-electron chi connectivity index (χ3n) is 9.60. The second kappa shape index (κ2) is 25.8. The topological polar surface area (TPSA) is 113 Å². The number of anilines is 1. The minimum atomic E-state index is -0.971. The molecule has 12 heteroatoms. The van der Waals surface area contributed by atoms with E-state index in [0.29, 0.717) is 83.9 Å². The third kappa shape index (κ3) is 12.3. The van der Waals surface area contributed by atoms with Crippen molar-refractivity contribution < 1.29 is 33.6 Å². The van der Waals surface area contributed by atoms with E-state index in [1.165, 1.54) is 20.0 Å². The molecule has 0 aliphatic carbocycles. The number of nitrogens with zero attached hydrogens (tertiary/aromatic N) is 4. The lowest BCUT2D eigenvalue weighted by Crippen LogP contribution is -2.47. The van der Waals surface area contributed by atoms with E-state index in [2.05, 4.69) is 51.2 Å². The van der Waals surface area contributed by atoms with Crippen molar-refractivity contribution in [2.24, 2.45) is 4.99 Å². The molecule has 4 aliphatic rings. The molecule has 2 fully saturated rings. The molecular weight excluding hydrogens is 753 g/mol. The van der Waals surface area contributed by atoms with Crippen molar-refractivity contribution in [2.45, 2.75) is 119 Å². The van der Waals surface area contributed by atoms with E-state index in [1.54, 1.807) is 59.3 Å². The minimum Gasteiger partial charge on any atom is -0.493 e. The van der Waals surface area contributed by atoms with Crippen LogP contribution in [0.5, 0.6) is 23.0 Å². The zero-order chi connectivity index (χ0) is 42.8. The Morgan fingerprint density at radius 1 is 0.793 bits per heavy atom. The summed E-state index contributed by atoms with van der Waals surface area (Å²) in [6.07, 6.45) is 8.76. The van der Waals surface area contributed by atoms with E-state index < -0.39 is 12.3 Å². The van der Waals surface area contributed by atoms with Gasteiger partial charge in [-0.15, -0.1) is 0 Å². The van der Waals surface area contributed by atoms with Crippen LogP contribution in [0.25, 0.3) is 0 Å². The van der Waals surface area contributed by atoms with Gasteiger partial charge >= 0.3 is 0 Å². The highest BCUT2D eigenvalue weighted by Crippen LogP contribution is 2.43. The number of aliphatic hydroxyl groups excluding tert-OH is 1. The molecule has 4 heterocycles. The number of rotatable bonds is 12. The van der Waals surface area contributed by atoms with E-state index in [4.69, 9.17) is 18.9 Å². The number of fused-ring (bicyclic) bond motifs is 4. The molecule has 2 aromatic carbocycles. The first-order valence-electron chi connectivity index (χ1n) is 20.3. The van der Waals surface area contributed by atoms with Crippen LogP contribution in [-0.4, -0.2) is 98.0 Å². The number of carbonyl (C=O) groups is 2. The Bertz CT molecular complexity index is 1710. The van der Waals surface area contributed by atoms with Crippen LogP contribution >= 0.6 is 12.6 Å². The summed E-state index contributed by atoms with van der Waals surface area (Å²) in [7, 11) is 3.09. The lowest BCUT2D eigenvalue weighted by Gasteiger charge is -2.34. The summed E-state index contributed by atoms with van der Waals surface area (Å²) in [4.78, 5) is 36.6. The lowest BCUT2D eigenvalue weighted by atomic mass is 10.1. The fourth-order valence-electron chi connectivity index (χ4n) is 6.76. The smallest absolute Gasteiger partial charge is 0.257 e. The van der Waals surface area contributed by atoms with Crippen LogP contribution in [-0.2, 0) is 0 Å². The second-order valence-electron chi connectivity index (χ2n) is 13.5. The van der Waals surface area contributed by atoms with Gasteiger partial charge in [0.1, 0.15) is 0 Å². The molecule has 2 amide bonds.